The summed E-state index contributed by atoms with van der Waals surface area (Å²) in [6.07, 6.45) is 4.97. The second-order valence-corrected chi connectivity index (χ2v) is 13.9. The molecule has 3 atom stereocenters. The Morgan fingerprint density at radius 1 is 1.07 bits per heavy atom. The van der Waals surface area contributed by atoms with Crippen LogP contribution in [0.25, 0.3) is 32.9 Å². The SMILES string of the molecule is CN1CCC[C@H]1COc1nc(N2C[C@H]3CC[C@@H](C2)N3C(=O)OC(C)(C)C)c2cnc(-c3cccc4ccc(F)c(Cl)c34)c(F)c2n1. The zero-order chi connectivity index (χ0) is 32.3. The van der Waals surface area contributed by atoms with E-state index in [9.17, 15) is 9.18 Å². The van der Waals surface area contributed by atoms with Gasteiger partial charge in [-0.2, -0.15) is 9.97 Å². The van der Waals surface area contributed by atoms with Crippen molar-refractivity contribution in [2.75, 3.05) is 38.2 Å². The van der Waals surface area contributed by atoms with Crippen molar-refractivity contribution >= 4 is 45.2 Å². The highest BCUT2D eigenvalue weighted by Crippen LogP contribution is 2.40. The topological polar surface area (TPSA) is 83.9 Å². The third kappa shape index (κ3) is 5.57. The van der Waals surface area contributed by atoms with Gasteiger partial charge < -0.3 is 19.3 Å². The maximum Gasteiger partial charge on any atom is 0.410 e. The van der Waals surface area contributed by atoms with Crippen LogP contribution in [0.4, 0.5) is 19.4 Å². The molecule has 2 aromatic heterocycles. The van der Waals surface area contributed by atoms with Crippen molar-refractivity contribution in [1.29, 1.82) is 0 Å². The average Bonchev–Trinajstić information content (AvgIpc) is 3.55. The minimum Gasteiger partial charge on any atom is -0.462 e. The lowest BCUT2D eigenvalue weighted by atomic mass is 10.0. The van der Waals surface area contributed by atoms with E-state index in [0.717, 1.165) is 32.2 Å². The molecule has 3 fully saturated rings. The number of fused-ring (bicyclic) bond motifs is 4. The molecule has 1 amide bonds. The first-order chi connectivity index (χ1) is 22.0. The highest BCUT2D eigenvalue weighted by molar-refractivity contribution is 6.36. The average molecular weight is 651 g/mol. The van der Waals surface area contributed by atoms with Gasteiger partial charge in [-0.25, -0.2) is 13.6 Å². The summed E-state index contributed by atoms with van der Waals surface area (Å²) in [6, 6.07) is 8.24. The molecule has 2 aromatic carbocycles. The fraction of sp³-hybridized carbons (Fsp3) is 0.471. The Morgan fingerprint density at radius 2 is 1.83 bits per heavy atom. The van der Waals surface area contributed by atoms with Crippen LogP contribution in [0.2, 0.25) is 5.02 Å². The van der Waals surface area contributed by atoms with Gasteiger partial charge >= 0.3 is 12.1 Å². The number of anilines is 1. The van der Waals surface area contributed by atoms with Gasteiger partial charge in [0.1, 0.15) is 35.1 Å². The van der Waals surface area contributed by atoms with Crippen molar-refractivity contribution in [2.24, 2.45) is 0 Å². The van der Waals surface area contributed by atoms with Crippen molar-refractivity contribution in [3.8, 4) is 17.3 Å². The lowest BCUT2D eigenvalue weighted by molar-refractivity contribution is 0.0122. The quantitative estimate of drug-likeness (QED) is 0.232. The van der Waals surface area contributed by atoms with Gasteiger partial charge in [-0.05, 0) is 71.5 Å². The molecular formula is C34H37ClF2N6O3. The van der Waals surface area contributed by atoms with Gasteiger partial charge in [0.25, 0.3) is 0 Å². The summed E-state index contributed by atoms with van der Waals surface area (Å²) in [6.45, 7) is 7.93. The summed E-state index contributed by atoms with van der Waals surface area (Å²) in [5.74, 6) is -0.771. The molecule has 242 valence electrons. The number of rotatable bonds is 5. The van der Waals surface area contributed by atoms with Crippen LogP contribution < -0.4 is 9.64 Å². The highest BCUT2D eigenvalue weighted by atomic mass is 35.5. The Kier molecular flexibility index (Phi) is 7.87. The van der Waals surface area contributed by atoms with Gasteiger partial charge in [0.15, 0.2) is 5.82 Å². The first kappa shape index (κ1) is 30.8. The number of carbonyl (C=O) groups is 1. The predicted molar refractivity (Wildman–Crippen MR) is 173 cm³/mol. The van der Waals surface area contributed by atoms with Gasteiger partial charge in [0.05, 0.1) is 22.5 Å². The first-order valence-corrected chi connectivity index (χ1v) is 16.2. The maximum atomic E-state index is 16.7. The fourth-order valence-corrected chi connectivity index (χ4v) is 7.35. The molecule has 7 rings (SSSR count). The predicted octanol–water partition coefficient (Wildman–Crippen LogP) is 6.84. The molecule has 2 bridgehead atoms. The fourth-order valence-electron chi connectivity index (χ4n) is 7.07. The maximum absolute atomic E-state index is 16.7. The molecule has 3 aliphatic heterocycles. The highest BCUT2D eigenvalue weighted by Gasteiger charge is 2.45. The Morgan fingerprint density at radius 3 is 2.52 bits per heavy atom. The van der Waals surface area contributed by atoms with E-state index in [1.54, 1.807) is 30.5 Å². The summed E-state index contributed by atoms with van der Waals surface area (Å²) in [5.41, 5.74) is -0.180. The van der Waals surface area contributed by atoms with Gasteiger partial charge in [-0.1, -0.05) is 35.9 Å². The van der Waals surface area contributed by atoms with Crippen molar-refractivity contribution in [2.45, 2.75) is 70.2 Å². The zero-order valence-corrected chi connectivity index (χ0v) is 27.2. The number of piperazine rings is 1. The lowest BCUT2D eigenvalue weighted by Gasteiger charge is -2.42. The molecular weight excluding hydrogens is 614 g/mol. The minimum absolute atomic E-state index is 0.00606. The second-order valence-electron chi connectivity index (χ2n) is 13.5. The van der Waals surface area contributed by atoms with Crippen molar-refractivity contribution < 1.29 is 23.0 Å². The van der Waals surface area contributed by atoms with Crippen molar-refractivity contribution in [1.82, 2.24) is 24.8 Å². The zero-order valence-electron chi connectivity index (χ0n) is 26.4. The Hall–Kier alpha value is -3.83. The molecule has 9 nitrogen and oxygen atoms in total. The largest absolute Gasteiger partial charge is 0.462 e. The number of likely N-dealkylation sites (tertiary alicyclic amines) is 1. The number of benzene rings is 2. The number of likely N-dealkylation sites (N-methyl/N-ethyl adjacent to an activating group) is 1. The molecule has 12 heteroatoms. The first-order valence-electron chi connectivity index (χ1n) is 15.8. The molecule has 46 heavy (non-hydrogen) atoms. The molecule has 0 unspecified atom stereocenters. The van der Waals surface area contributed by atoms with Gasteiger partial charge in [-0.15, -0.1) is 0 Å². The normalized spacial score (nSPS) is 21.8. The summed E-state index contributed by atoms with van der Waals surface area (Å²) in [5, 5.41) is 1.37. The summed E-state index contributed by atoms with van der Waals surface area (Å²) >= 11 is 6.40. The third-order valence-corrected chi connectivity index (χ3v) is 9.67. The summed E-state index contributed by atoms with van der Waals surface area (Å²) in [7, 11) is 2.06. The van der Waals surface area contributed by atoms with Gasteiger partial charge in [-0.3, -0.25) is 9.88 Å². The molecule has 0 aliphatic carbocycles. The number of carbonyl (C=O) groups excluding carboxylic acids is 1. The smallest absolute Gasteiger partial charge is 0.410 e. The van der Waals surface area contributed by atoms with Crippen LogP contribution in [-0.4, -0.2) is 87.9 Å². The monoisotopic (exact) mass is 650 g/mol. The number of hydrogen-bond acceptors (Lipinski definition) is 8. The standard InChI is InChI=1S/C34H37ClF2N6O3/c1-34(2,3)46-33(44)43-20-11-12-21(43)17-42(16-20)31-24-15-38-29(23-9-5-7-19-10-13-25(36)27(35)26(19)23)28(37)30(24)39-32(40-31)45-18-22-8-6-14-41(22)4/h5,7,9-10,13,15,20-22H,6,8,11-12,14,16-18H2,1-4H3/t20-,21+,22-/m0/s1. The number of halogens is 3. The van der Waals surface area contributed by atoms with Crippen LogP contribution in [0.1, 0.15) is 46.5 Å². The number of aromatic nitrogens is 3. The van der Waals surface area contributed by atoms with E-state index in [4.69, 9.17) is 26.1 Å². The van der Waals surface area contributed by atoms with E-state index in [1.165, 1.54) is 6.07 Å². The number of amides is 1. The van der Waals surface area contributed by atoms with Crippen LogP contribution in [0.5, 0.6) is 6.01 Å². The number of pyridine rings is 1. The Balaban J connectivity index is 1.30. The Bertz CT molecular complexity index is 1820. The van der Waals surface area contributed by atoms with Crippen LogP contribution >= 0.6 is 11.6 Å². The van der Waals surface area contributed by atoms with E-state index in [2.05, 4.69) is 26.8 Å². The van der Waals surface area contributed by atoms with Crippen LogP contribution in [0, 0.1) is 11.6 Å². The number of hydrogen-bond donors (Lipinski definition) is 0. The molecule has 4 aromatic rings. The third-order valence-electron chi connectivity index (χ3n) is 9.30. The number of ether oxygens (including phenoxy) is 2. The molecule has 3 aliphatic rings. The van der Waals surface area contributed by atoms with E-state index < -0.39 is 17.2 Å². The molecule has 3 saturated heterocycles. The van der Waals surface area contributed by atoms with E-state index in [-0.39, 0.29) is 46.5 Å². The van der Waals surface area contributed by atoms with Crippen LogP contribution in [0.15, 0.2) is 36.5 Å². The van der Waals surface area contributed by atoms with E-state index in [1.807, 2.05) is 25.7 Å². The summed E-state index contributed by atoms with van der Waals surface area (Å²) in [4.78, 5) is 33.2. The van der Waals surface area contributed by atoms with Crippen molar-refractivity contribution in [3.63, 3.8) is 0 Å². The molecule has 0 radical (unpaired) electrons. The molecule has 0 saturated carbocycles. The molecule has 5 heterocycles. The molecule has 0 N–H and O–H groups in total. The van der Waals surface area contributed by atoms with E-state index >= 15 is 4.39 Å². The summed E-state index contributed by atoms with van der Waals surface area (Å²) < 4.78 is 43.1. The van der Waals surface area contributed by atoms with Crippen molar-refractivity contribution in [3.05, 3.63) is 53.2 Å². The second kappa shape index (κ2) is 11.8. The molecule has 0 spiro atoms. The van der Waals surface area contributed by atoms with Gasteiger partial charge in [0.2, 0.25) is 0 Å². The van der Waals surface area contributed by atoms with Crippen LogP contribution in [0.3, 0.4) is 0 Å². The Labute approximate surface area is 271 Å². The van der Waals surface area contributed by atoms with Gasteiger partial charge in [0, 0.05) is 36.3 Å². The van der Waals surface area contributed by atoms with E-state index in [0.29, 0.717) is 47.2 Å². The van der Waals surface area contributed by atoms with Crippen LogP contribution in [-0.2, 0) is 4.74 Å². The number of nitrogens with zero attached hydrogens (tertiary/aromatic N) is 6. The minimum atomic E-state index is -0.674. The lowest BCUT2D eigenvalue weighted by Crippen LogP contribution is -2.57.